The van der Waals surface area contributed by atoms with Crippen LogP contribution in [-0.4, -0.2) is 42.4 Å². The topological polar surface area (TPSA) is 67.2 Å². The van der Waals surface area contributed by atoms with E-state index < -0.39 is 10.0 Å². The van der Waals surface area contributed by atoms with E-state index in [-0.39, 0.29) is 6.04 Å². The molecule has 2 aromatic rings. The van der Waals surface area contributed by atoms with Crippen LogP contribution in [0.3, 0.4) is 0 Å². The third-order valence-electron chi connectivity index (χ3n) is 3.97. The molecule has 0 aliphatic carbocycles. The number of rotatable bonds is 6. The highest BCUT2D eigenvalue weighted by Gasteiger charge is 2.25. The van der Waals surface area contributed by atoms with E-state index >= 15 is 0 Å². The van der Waals surface area contributed by atoms with E-state index in [1.54, 1.807) is 0 Å². The first-order valence-corrected chi connectivity index (χ1v) is 10.4. The number of aromatic nitrogens is 2. The molecule has 0 saturated carbocycles. The molecule has 1 unspecified atom stereocenters. The van der Waals surface area contributed by atoms with Gasteiger partial charge in [-0.15, -0.1) is 11.3 Å². The number of nitrogens with zero attached hydrogens (tertiary/aromatic N) is 3. The predicted octanol–water partition coefficient (Wildman–Crippen LogP) is 1.75. The Balaban J connectivity index is 1.67. The Labute approximate surface area is 141 Å². The van der Waals surface area contributed by atoms with Crippen molar-refractivity contribution in [2.24, 2.45) is 0 Å². The lowest BCUT2D eigenvalue weighted by Crippen LogP contribution is -2.38. The third kappa shape index (κ3) is 4.41. The number of fused-ring (bicyclic) bond motifs is 1. The molecule has 0 saturated heterocycles. The zero-order chi connectivity index (χ0) is 16.4. The highest BCUT2D eigenvalue weighted by Crippen LogP contribution is 2.26. The van der Waals surface area contributed by atoms with Crippen molar-refractivity contribution in [2.45, 2.75) is 32.5 Å². The van der Waals surface area contributed by atoms with Crippen LogP contribution in [0.25, 0.3) is 0 Å². The van der Waals surface area contributed by atoms with E-state index in [2.05, 4.69) is 33.8 Å². The number of thiophene rings is 1. The first kappa shape index (κ1) is 16.6. The van der Waals surface area contributed by atoms with E-state index in [9.17, 15) is 8.42 Å². The van der Waals surface area contributed by atoms with Crippen molar-refractivity contribution in [3.63, 3.8) is 0 Å². The molecule has 1 atom stereocenters. The molecule has 1 N–H and O–H groups in total. The van der Waals surface area contributed by atoms with Gasteiger partial charge in [0.2, 0.25) is 10.0 Å². The van der Waals surface area contributed by atoms with Crippen LogP contribution in [0.15, 0.2) is 24.4 Å². The molecule has 0 amide bonds. The molecule has 0 aromatic carbocycles. The number of nitrogens with one attached hydrogen (secondary N) is 1. The van der Waals surface area contributed by atoms with Gasteiger partial charge >= 0.3 is 0 Å². The van der Waals surface area contributed by atoms with Gasteiger partial charge < -0.3 is 0 Å². The molecule has 3 heterocycles. The maximum absolute atomic E-state index is 11.2. The summed E-state index contributed by atoms with van der Waals surface area (Å²) >= 11 is 1.83. The van der Waals surface area contributed by atoms with Crippen LogP contribution < -0.4 is 4.72 Å². The SMILES string of the molecule is Cc1ccc(CN2Cc3ccnn3C(CCNS(C)(=O)=O)C2)s1. The van der Waals surface area contributed by atoms with Gasteiger partial charge in [-0.3, -0.25) is 9.58 Å². The molecule has 126 valence electrons. The van der Waals surface area contributed by atoms with Crippen LogP contribution in [0.1, 0.15) is 27.9 Å². The Morgan fingerprint density at radius 2 is 2.22 bits per heavy atom. The van der Waals surface area contributed by atoms with Gasteiger partial charge in [-0.1, -0.05) is 0 Å². The van der Waals surface area contributed by atoms with Crippen LogP contribution in [0.2, 0.25) is 0 Å². The highest BCUT2D eigenvalue weighted by atomic mass is 32.2. The molecule has 0 fully saturated rings. The van der Waals surface area contributed by atoms with Crippen molar-refractivity contribution < 1.29 is 8.42 Å². The summed E-state index contributed by atoms with van der Waals surface area (Å²) in [6.07, 6.45) is 3.76. The summed E-state index contributed by atoms with van der Waals surface area (Å²) in [6, 6.07) is 6.58. The average molecular weight is 355 g/mol. The fourth-order valence-electron chi connectivity index (χ4n) is 3.00. The smallest absolute Gasteiger partial charge is 0.208 e. The van der Waals surface area contributed by atoms with Crippen LogP contribution in [0.4, 0.5) is 0 Å². The van der Waals surface area contributed by atoms with Gasteiger partial charge in [-0.2, -0.15) is 5.10 Å². The van der Waals surface area contributed by atoms with Crippen LogP contribution in [0.5, 0.6) is 0 Å². The van der Waals surface area contributed by atoms with Crippen molar-refractivity contribution in [1.29, 1.82) is 0 Å². The number of aryl methyl sites for hydroxylation is 1. The number of hydrogen-bond acceptors (Lipinski definition) is 5. The molecule has 0 spiro atoms. The molecule has 8 heteroatoms. The minimum absolute atomic E-state index is 0.198. The summed E-state index contributed by atoms with van der Waals surface area (Å²) in [5.41, 5.74) is 1.19. The predicted molar refractivity (Wildman–Crippen MR) is 91.9 cm³/mol. The van der Waals surface area contributed by atoms with E-state index in [1.165, 1.54) is 21.7 Å². The largest absolute Gasteiger partial charge is 0.290 e. The lowest BCUT2D eigenvalue weighted by molar-refractivity contribution is 0.163. The summed E-state index contributed by atoms with van der Waals surface area (Å²) in [4.78, 5) is 5.10. The summed E-state index contributed by atoms with van der Waals surface area (Å²) in [6.45, 7) is 5.26. The van der Waals surface area contributed by atoms with Crippen molar-refractivity contribution >= 4 is 21.4 Å². The zero-order valence-corrected chi connectivity index (χ0v) is 15.0. The van der Waals surface area contributed by atoms with E-state index in [1.807, 2.05) is 28.3 Å². The number of hydrogen-bond donors (Lipinski definition) is 1. The minimum atomic E-state index is -3.14. The van der Waals surface area contributed by atoms with Gasteiger partial charge in [0.1, 0.15) is 0 Å². The molecule has 0 bridgehead atoms. The van der Waals surface area contributed by atoms with E-state index in [0.717, 1.165) is 26.1 Å². The van der Waals surface area contributed by atoms with Crippen LogP contribution >= 0.6 is 11.3 Å². The number of sulfonamides is 1. The third-order valence-corrected chi connectivity index (χ3v) is 5.68. The lowest BCUT2D eigenvalue weighted by atomic mass is 10.1. The molecule has 0 radical (unpaired) electrons. The molecule has 6 nitrogen and oxygen atoms in total. The highest BCUT2D eigenvalue weighted by molar-refractivity contribution is 7.88. The molecular formula is C15H22N4O2S2. The second kappa shape index (κ2) is 6.72. The van der Waals surface area contributed by atoms with Crippen LogP contribution in [-0.2, 0) is 23.1 Å². The van der Waals surface area contributed by atoms with Gasteiger partial charge in [0, 0.05) is 42.1 Å². The standard InChI is InChI=1S/C15H22N4O2S2/c1-12-3-4-15(22-12)11-18-9-13-5-7-16-19(13)14(10-18)6-8-17-23(2,20)21/h3-5,7,14,17H,6,8-11H2,1-2H3. The maximum atomic E-state index is 11.2. The second-order valence-corrected chi connectivity index (χ2v) is 9.26. The second-order valence-electron chi connectivity index (χ2n) is 6.06. The molecule has 23 heavy (non-hydrogen) atoms. The van der Waals surface area contributed by atoms with Gasteiger partial charge in [-0.05, 0) is 31.5 Å². The summed E-state index contributed by atoms with van der Waals surface area (Å²) in [5, 5.41) is 4.41. The van der Waals surface area contributed by atoms with Crippen molar-refractivity contribution in [2.75, 3.05) is 19.3 Å². The normalized spacial score (nSPS) is 19.0. The van der Waals surface area contributed by atoms with Crippen molar-refractivity contribution in [1.82, 2.24) is 19.4 Å². The molecule has 1 aliphatic heterocycles. The Kier molecular flexibility index (Phi) is 4.86. The fraction of sp³-hybridized carbons (Fsp3) is 0.533. The first-order chi connectivity index (χ1) is 10.9. The quantitative estimate of drug-likeness (QED) is 0.858. The monoisotopic (exact) mass is 354 g/mol. The molecule has 2 aromatic heterocycles. The van der Waals surface area contributed by atoms with Gasteiger partial charge in [0.15, 0.2) is 0 Å². The first-order valence-electron chi connectivity index (χ1n) is 7.65. The average Bonchev–Trinajstić information content (AvgIpc) is 3.06. The Morgan fingerprint density at radius 1 is 1.39 bits per heavy atom. The summed E-state index contributed by atoms with van der Waals surface area (Å²) in [5.74, 6) is 0. The molecular weight excluding hydrogens is 332 g/mol. The van der Waals surface area contributed by atoms with Crippen molar-refractivity contribution in [3.8, 4) is 0 Å². The zero-order valence-electron chi connectivity index (χ0n) is 13.4. The molecule has 3 rings (SSSR count). The Morgan fingerprint density at radius 3 is 2.91 bits per heavy atom. The van der Waals surface area contributed by atoms with Gasteiger partial charge in [-0.25, -0.2) is 13.1 Å². The van der Waals surface area contributed by atoms with Crippen LogP contribution in [0, 0.1) is 6.92 Å². The summed E-state index contributed by atoms with van der Waals surface area (Å²) in [7, 11) is -3.14. The molecule has 1 aliphatic rings. The van der Waals surface area contributed by atoms with Gasteiger partial charge in [0.05, 0.1) is 18.0 Å². The lowest BCUT2D eigenvalue weighted by Gasteiger charge is -2.33. The fourth-order valence-corrected chi connectivity index (χ4v) is 4.42. The minimum Gasteiger partial charge on any atom is -0.290 e. The summed E-state index contributed by atoms with van der Waals surface area (Å²) < 4.78 is 27.1. The van der Waals surface area contributed by atoms with E-state index in [0.29, 0.717) is 6.54 Å². The Hall–Kier alpha value is -1.22. The van der Waals surface area contributed by atoms with E-state index in [4.69, 9.17) is 0 Å². The maximum Gasteiger partial charge on any atom is 0.208 e. The van der Waals surface area contributed by atoms with Gasteiger partial charge in [0.25, 0.3) is 0 Å². The van der Waals surface area contributed by atoms with Crippen molar-refractivity contribution in [3.05, 3.63) is 39.8 Å². The Bertz CT molecular complexity index is 766.